The summed E-state index contributed by atoms with van der Waals surface area (Å²) in [6.07, 6.45) is 0. The fraction of sp³-hybridized carbons (Fsp3) is 0.562. The Hall–Kier alpha value is -1.79. The average Bonchev–Trinajstić information content (AvgIpc) is 2.54. The van der Waals surface area contributed by atoms with E-state index in [1.807, 2.05) is 25.1 Å². The first-order valence-electron chi connectivity index (χ1n) is 7.33. The van der Waals surface area contributed by atoms with E-state index < -0.39 is 0 Å². The number of nitrogens with two attached hydrogens (primary N) is 1. The van der Waals surface area contributed by atoms with E-state index in [0.29, 0.717) is 31.3 Å². The maximum atomic E-state index is 11.9. The van der Waals surface area contributed by atoms with E-state index in [-0.39, 0.29) is 17.9 Å². The Labute approximate surface area is 131 Å². The average molecular weight is 310 g/mol. The van der Waals surface area contributed by atoms with E-state index in [4.69, 9.17) is 19.9 Å². The van der Waals surface area contributed by atoms with Gasteiger partial charge in [-0.2, -0.15) is 0 Å². The van der Waals surface area contributed by atoms with Crippen LogP contribution in [0.3, 0.4) is 0 Å². The van der Waals surface area contributed by atoms with Gasteiger partial charge in [0.25, 0.3) is 0 Å². The molecule has 0 bridgehead atoms. The van der Waals surface area contributed by atoms with Crippen LogP contribution in [0.15, 0.2) is 18.2 Å². The van der Waals surface area contributed by atoms with Crippen LogP contribution in [-0.4, -0.2) is 39.9 Å². The number of carbonyl (C=O) groups excluding carboxylic acids is 1. The third kappa shape index (κ3) is 5.20. The minimum atomic E-state index is -0.207. The van der Waals surface area contributed by atoms with Crippen LogP contribution in [0.1, 0.15) is 25.5 Å². The molecule has 0 radical (unpaired) electrons. The predicted octanol–water partition coefficient (Wildman–Crippen LogP) is 1.49. The number of benzene rings is 1. The monoisotopic (exact) mass is 310 g/mol. The van der Waals surface area contributed by atoms with Gasteiger partial charge in [-0.1, -0.05) is 13.0 Å². The number of amides is 1. The first-order valence-corrected chi connectivity index (χ1v) is 7.33. The summed E-state index contributed by atoms with van der Waals surface area (Å²) >= 11 is 0. The molecule has 1 amide bonds. The molecular weight excluding hydrogens is 284 g/mol. The molecule has 0 aromatic heterocycles. The maximum absolute atomic E-state index is 11.9. The zero-order chi connectivity index (χ0) is 16.5. The highest BCUT2D eigenvalue weighted by molar-refractivity contribution is 5.78. The quantitative estimate of drug-likeness (QED) is 0.675. The van der Waals surface area contributed by atoms with Crippen molar-refractivity contribution in [2.75, 3.05) is 34.0 Å². The van der Waals surface area contributed by atoms with Crippen LogP contribution in [0.25, 0.3) is 0 Å². The molecule has 6 nitrogen and oxygen atoms in total. The predicted molar refractivity (Wildman–Crippen MR) is 85.1 cm³/mol. The summed E-state index contributed by atoms with van der Waals surface area (Å²) < 4.78 is 15.9. The van der Waals surface area contributed by atoms with Crippen LogP contribution < -0.4 is 20.5 Å². The van der Waals surface area contributed by atoms with Gasteiger partial charge in [-0.25, -0.2) is 0 Å². The highest BCUT2D eigenvalue weighted by atomic mass is 16.5. The van der Waals surface area contributed by atoms with Crippen molar-refractivity contribution in [3.63, 3.8) is 0 Å². The minimum absolute atomic E-state index is 0.0608. The SMILES string of the molecule is COCCOc1ccc(C(C)NC(=O)C(C)CN)cc1OC. The van der Waals surface area contributed by atoms with Crippen molar-refractivity contribution < 1.29 is 19.0 Å². The van der Waals surface area contributed by atoms with E-state index in [2.05, 4.69) is 5.32 Å². The molecule has 2 atom stereocenters. The van der Waals surface area contributed by atoms with Gasteiger partial charge in [-0.05, 0) is 24.6 Å². The van der Waals surface area contributed by atoms with Crippen LogP contribution in [0, 0.1) is 5.92 Å². The smallest absolute Gasteiger partial charge is 0.224 e. The van der Waals surface area contributed by atoms with Gasteiger partial charge in [-0.3, -0.25) is 4.79 Å². The molecule has 124 valence electrons. The van der Waals surface area contributed by atoms with Crippen molar-refractivity contribution >= 4 is 5.91 Å². The van der Waals surface area contributed by atoms with Gasteiger partial charge in [0.05, 0.1) is 19.8 Å². The summed E-state index contributed by atoms with van der Waals surface area (Å²) in [6.45, 7) is 5.01. The zero-order valence-electron chi connectivity index (χ0n) is 13.7. The summed E-state index contributed by atoms with van der Waals surface area (Å²) in [7, 11) is 3.21. The number of carbonyl (C=O) groups is 1. The molecule has 1 aromatic carbocycles. The van der Waals surface area contributed by atoms with Crippen molar-refractivity contribution in [2.24, 2.45) is 11.7 Å². The van der Waals surface area contributed by atoms with Crippen molar-refractivity contribution in [3.8, 4) is 11.5 Å². The maximum Gasteiger partial charge on any atom is 0.224 e. The lowest BCUT2D eigenvalue weighted by Gasteiger charge is -2.19. The summed E-state index contributed by atoms with van der Waals surface area (Å²) in [6, 6.07) is 5.46. The Balaban J connectivity index is 2.77. The van der Waals surface area contributed by atoms with E-state index in [1.54, 1.807) is 21.1 Å². The Bertz CT molecular complexity index is 479. The van der Waals surface area contributed by atoms with E-state index in [1.165, 1.54) is 0 Å². The molecule has 6 heteroatoms. The number of rotatable bonds is 9. The van der Waals surface area contributed by atoms with Crippen molar-refractivity contribution in [2.45, 2.75) is 19.9 Å². The van der Waals surface area contributed by atoms with Crippen molar-refractivity contribution in [3.05, 3.63) is 23.8 Å². The molecule has 1 aromatic rings. The molecule has 0 saturated carbocycles. The Kier molecular flexibility index (Phi) is 7.70. The molecule has 2 unspecified atom stereocenters. The number of nitrogens with one attached hydrogen (secondary N) is 1. The lowest BCUT2D eigenvalue weighted by atomic mass is 10.1. The second kappa shape index (κ2) is 9.27. The van der Waals surface area contributed by atoms with Crippen LogP contribution in [-0.2, 0) is 9.53 Å². The topological polar surface area (TPSA) is 82.8 Å². The molecule has 0 aliphatic heterocycles. The van der Waals surface area contributed by atoms with Crippen molar-refractivity contribution in [1.82, 2.24) is 5.32 Å². The minimum Gasteiger partial charge on any atom is -0.493 e. The fourth-order valence-corrected chi connectivity index (χ4v) is 1.85. The molecule has 0 spiro atoms. The number of hydrogen-bond donors (Lipinski definition) is 2. The zero-order valence-corrected chi connectivity index (χ0v) is 13.7. The molecule has 0 fully saturated rings. The Morgan fingerprint density at radius 3 is 2.55 bits per heavy atom. The molecule has 0 aliphatic rings. The largest absolute Gasteiger partial charge is 0.493 e. The molecule has 1 rings (SSSR count). The van der Waals surface area contributed by atoms with Crippen LogP contribution >= 0.6 is 0 Å². The van der Waals surface area contributed by atoms with Gasteiger partial charge in [0.1, 0.15) is 6.61 Å². The molecule has 0 heterocycles. The van der Waals surface area contributed by atoms with Crippen molar-refractivity contribution in [1.29, 1.82) is 0 Å². The van der Waals surface area contributed by atoms with Gasteiger partial charge in [-0.15, -0.1) is 0 Å². The third-order valence-electron chi connectivity index (χ3n) is 3.39. The fourth-order valence-electron chi connectivity index (χ4n) is 1.85. The van der Waals surface area contributed by atoms with Gasteiger partial charge in [0, 0.05) is 19.6 Å². The van der Waals surface area contributed by atoms with Gasteiger partial charge < -0.3 is 25.3 Å². The summed E-state index contributed by atoms with van der Waals surface area (Å²) in [5, 5.41) is 2.93. The molecule has 3 N–H and O–H groups in total. The first kappa shape index (κ1) is 18.3. The highest BCUT2D eigenvalue weighted by Crippen LogP contribution is 2.30. The van der Waals surface area contributed by atoms with E-state index >= 15 is 0 Å². The standard InChI is InChI=1S/C16H26N2O4/c1-11(10-17)16(19)18-12(2)13-5-6-14(15(9-13)21-4)22-8-7-20-3/h5-6,9,11-12H,7-8,10,17H2,1-4H3,(H,18,19). The van der Waals surface area contributed by atoms with Crippen LogP contribution in [0.4, 0.5) is 0 Å². The number of methoxy groups -OCH3 is 2. The molecule has 0 aliphatic carbocycles. The molecular formula is C16H26N2O4. The normalized spacial score (nSPS) is 13.3. The van der Waals surface area contributed by atoms with Gasteiger partial charge >= 0.3 is 0 Å². The number of hydrogen-bond acceptors (Lipinski definition) is 5. The van der Waals surface area contributed by atoms with Gasteiger partial charge in [0.15, 0.2) is 11.5 Å². The lowest BCUT2D eigenvalue weighted by molar-refractivity contribution is -0.124. The first-order chi connectivity index (χ1) is 10.5. The summed E-state index contributed by atoms with van der Waals surface area (Å²) in [4.78, 5) is 11.9. The Morgan fingerprint density at radius 1 is 1.23 bits per heavy atom. The molecule has 22 heavy (non-hydrogen) atoms. The highest BCUT2D eigenvalue weighted by Gasteiger charge is 2.16. The Morgan fingerprint density at radius 2 is 1.95 bits per heavy atom. The summed E-state index contributed by atoms with van der Waals surface area (Å²) in [5.74, 6) is 1.01. The molecule has 0 saturated heterocycles. The summed E-state index contributed by atoms with van der Waals surface area (Å²) in [5.41, 5.74) is 6.44. The van der Waals surface area contributed by atoms with E-state index in [0.717, 1.165) is 5.56 Å². The second-order valence-electron chi connectivity index (χ2n) is 5.12. The second-order valence-corrected chi connectivity index (χ2v) is 5.12. The third-order valence-corrected chi connectivity index (χ3v) is 3.39. The van der Waals surface area contributed by atoms with Crippen LogP contribution in [0.2, 0.25) is 0 Å². The van der Waals surface area contributed by atoms with Gasteiger partial charge in [0.2, 0.25) is 5.91 Å². The number of ether oxygens (including phenoxy) is 3. The van der Waals surface area contributed by atoms with Crippen LogP contribution in [0.5, 0.6) is 11.5 Å². The lowest BCUT2D eigenvalue weighted by Crippen LogP contribution is -2.34. The van der Waals surface area contributed by atoms with E-state index in [9.17, 15) is 4.79 Å².